The van der Waals surface area contributed by atoms with E-state index in [0.717, 1.165) is 25.6 Å². The summed E-state index contributed by atoms with van der Waals surface area (Å²) in [5.41, 5.74) is 0.186. The van der Waals surface area contributed by atoms with Crippen LogP contribution < -0.4 is 10.6 Å². The molecule has 2 rings (SSSR count). The minimum Gasteiger partial charge on any atom is -0.508 e. The van der Waals surface area contributed by atoms with Crippen LogP contribution in [-0.2, 0) is 0 Å². The number of aromatic hydroxyl groups is 2. The first-order valence-electron chi connectivity index (χ1n) is 6.11. The van der Waals surface area contributed by atoms with Crippen LogP contribution in [0.2, 0.25) is 0 Å². The summed E-state index contributed by atoms with van der Waals surface area (Å²) in [6.45, 7) is 3.81. The molecule has 1 aromatic rings. The Labute approximate surface area is 106 Å². The molecule has 2 unspecified atom stereocenters. The number of nitrogens with one attached hydrogen (secondary N) is 2. The van der Waals surface area contributed by atoms with E-state index in [-0.39, 0.29) is 29.0 Å². The Morgan fingerprint density at radius 3 is 2.89 bits per heavy atom. The van der Waals surface area contributed by atoms with E-state index in [1.165, 1.54) is 12.1 Å². The molecule has 1 amide bonds. The van der Waals surface area contributed by atoms with Crippen LogP contribution in [0.3, 0.4) is 0 Å². The van der Waals surface area contributed by atoms with Gasteiger partial charge in [-0.15, -0.1) is 0 Å². The summed E-state index contributed by atoms with van der Waals surface area (Å²) in [5, 5.41) is 24.9. The van der Waals surface area contributed by atoms with Gasteiger partial charge in [0, 0.05) is 18.7 Å². The predicted molar refractivity (Wildman–Crippen MR) is 67.7 cm³/mol. The van der Waals surface area contributed by atoms with Crippen molar-refractivity contribution in [2.45, 2.75) is 19.4 Å². The molecule has 4 N–H and O–H groups in total. The largest absolute Gasteiger partial charge is 0.508 e. The summed E-state index contributed by atoms with van der Waals surface area (Å²) in [5.74, 6) is -0.164. The van der Waals surface area contributed by atoms with Crippen molar-refractivity contribution in [3.8, 4) is 11.5 Å². The highest BCUT2D eigenvalue weighted by atomic mass is 16.3. The third-order valence-electron chi connectivity index (χ3n) is 3.37. The molecule has 0 saturated carbocycles. The van der Waals surface area contributed by atoms with E-state index in [0.29, 0.717) is 5.92 Å². The van der Waals surface area contributed by atoms with Gasteiger partial charge in [-0.05, 0) is 31.0 Å². The minimum atomic E-state index is -0.312. The van der Waals surface area contributed by atoms with Gasteiger partial charge in [-0.3, -0.25) is 4.79 Å². The number of hydrogen-bond donors (Lipinski definition) is 4. The molecule has 0 aromatic heterocycles. The Hall–Kier alpha value is -1.75. The molecular weight excluding hydrogens is 232 g/mol. The number of carbonyl (C=O) groups excluding carboxylic acids is 1. The number of hydrogen-bond acceptors (Lipinski definition) is 4. The van der Waals surface area contributed by atoms with E-state index in [2.05, 4.69) is 17.6 Å². The zero-order valence-electron chi connectivity index (χ0n) is 10.3. The van der Waals surface area contributed by atoms with Crippen LogP contribution in [0.4, 0.5) is 0 Å². The standard InChI is InChI=1S/C13H18N2O3/c1-8-4-5-14-7-11(8)15-13(18)10-3-2-9(16)6-12(10)17/h2-3,6,8,11,14,16-17H,4-5,7H2,1H3,(H,15,18). The number of amides is 1. The maximum atomic E-state index is 12.0. The number of phenols is 2. The van der Waals surface area contributed by atoms with Gasteiger partial charge in [0.25, 0.3) is 5.91 Å². The highest BCUT2D eigenvalue weighted by molar-refractivity contribution is 5.97. The molecule has 0 radical (unpaired) electrons. The van der Waals surface area contributed by atoms with Crippen LogP contribution in [-0.4, -0.2) is 35.3 Å². The molecule has 5 nitrogen and oxygen atoms in total. The molecule has 98 valence electrons. The second-order valence-electron chi connectivity index (χ2n) is 4.75. The van der Waals surface area contributed by atoms with E-state index in [1.54, 1.807) is 0 Å². The molecule has 0 aliphatic carbocycles. The Bertz CT molecular complexity index is 448. The van der Waals surface area contributed by atoms with Crippen molar-refractivity contribution in [1.29, 1.82) is 0 Å². The zero-order valence-corrected chi connectivity index (χ0v) is 10.3. The summed E-state index contributed by atoms with van der Waals surface area (Å²) in [4.78, 5) is 12.0. The second kappa shape index (κ2) is 5.27. The summed E-state index contributed by atoms with van der Waals surface area (Å²) >= 11 is 0. The predicted octanol–water partition coefficient (Wildman–Crippen LogP) is 0.826. The summed E-state index contributed by atoms with van der Waals surface area (Å²) < 4.78 is 0. The summed E-state index contributed by atoms with van der Waals surface area (Å²) in [7, 11) is 0. The van der Waals surface area contributed by atoms with Crippen LogP contribution in [0.1, 0.15) is 23.7 Å². The van der Waals surface area contributed by atoms with E-state index >= 15 is 0 Å². The molecule has 18 heavy (non-hydrogen) atoms. The van der Waals surface area contributed by atoms with E-state index in [9.17, 15) is 15.0 Å². The van der Waals surface area contributed by atoms with E-state index in [4.69, 9.17) is 0 Å². The SMILES string of the molecule is CC1CCNCC1NC(=O)c1ccc(O)cc1O. The fourth-order valence-corrected chi connectivity index (χ4v) is 2.14. The lowest BCUT2D eigenvalue weighted by atomic mass is 9.94. The first-order valence-corrected chi connectivity index (χ1v) is 6.11. The zero-order chi connectivity index (χ0) is 13.1. The van der Waals surface area contributed by atoms with Gasteiger partial charge in [0.2, 0.25) is 0 Å². The minimum absolute atomic E-state index is 0.0586. The highest BCUT2D eigenvalue weighted by Crippen LogP contribution is 2.23. The fraction of sp³-hybridized carbons (Fsp3) is 0.462. The molecular formula is C13H18N2O3. The molecule has 2 atom stereocenters. The smallest absolute Gasteiger partial charge is 0.255 e. The molecule has 1 heterocycles. The number of benzene rings is 1. The summed E-state index contributed by atoms with van der Waals surface area (Å²) in [6.07, 6.45) is 1.02. The Morgan fingerprint density at radius 1 is 1.44 bits per heavy atom. The van der Waals surface area contributed by atoms with Gasteiger partial charge in [0.15, 0.2) is 0 Å². The average molecular weight is 250 g/mol. The number of phenolic OH excluding ortho intramolecular Hbond substituents is 2. The maximum absolute atomic E-state index is 12.0. The number of rotatable bonds is 2. The van der Waals surface area contributed by atoms with Crippen molar-refractivity contribution < 1.29 is 15.0 Å². The molecule has 1 saturated heterocycles. The van der Waals surface area contributed by atoms with Gasteiger partial charge in [0.05, 0.1) is 5.56 Å². The van der Waals surface area contributed by atoms with Crippen LogP contribution in [0, 0.1) is 5.92 Å². The number of piperidine rings is 1. The summed E-state index contributed by atoms with van der Waals surface area (Å²) in [6, 6.07) is 4.04. The van der Waals surface area contributed by atoms with E-state index in [1.807, 2.05) is 0 Å². The second-order valence-corrected chi connectivity index (χ2v) is 4.75. The molecule has 0 spiro atoms. The topological polar surface area (TPSA) is 81.6 Å². The average Bonchev–Trinajstić information content (AvgIpc) is 2.32. The monoisotopic (exact) mass is 250 g/mol. The van der Waals surface area contributed by atoms with Crippen molar-refractivity contribution in [2.75, 3.05) is 13.1 Å². The first-order chi connectivity index (χ1) is 8.58. The van der Waals surface area contributed by atoms with Crippen molar-refractivity contribution >= 4 is 5.91 Å². The molecule has 1 aromatic carbocycles. The fourth-order valence-electron chi connectivity index (χ4n) is 2.14. The van der Waals surface area contributed by atoms with Gasteiger partial charge >= 0.3 is 0 Å². The van der Waals surface area contributed by atoms with Crippen molar-refractivity contribution in [1.82, 2.24) is 10.6 Å². The third-order valence-corrected chi connectivity index (χ3v) is 3.37. The van der Waals surface area contributed by atoms with Gasteiger partial charge in [-0.25, -0.2) is 0 Å². The Balaban J connectivity index is 2.07. The van der Waals surface area contributed by atoms with Gasteiger partial charge in [-0.2, -0.15) is 0 Å². The van der Waals surface area contributed by atoms with Gasteiger partial charge in [-0.1, -0.05) is 6.92 Å². The van der Waals surface area contributed by atoms with Crippen molar-refractivity contribution in [3.05, 3.63) is 23.8 Å². The molecule has 5 heteroatoms. The molecule has 1 aliphatic rings. The quantitative estimate of drug-likeness (QED) is 0.626. The number of carbonyl (C=O) groups is 1. The highest BCUT2D eigenvalue weighted by Gasteiger charge is 2.23. The van der Waals surface area contributed by atoms with Crippen LogP contribution in [0.25, 0.3) is 0 Å². The molecule has 1 aliphatic heterocycles. The Kier molecular flexibility index (Phi) is 3.72. The molecule has 0 bridgehead atoms. The van der Waals surface area contributed by atoms with Crippen LogP contribution in [0.5, 0.6) is 11.5 Å². The Morgan fingerprint density at radius 2 is 2.22 bits per heavy atom. The van der Waals surface area contributed by atoms with Gasteiger partial charge < -0.3 is 20.8 Å². The lowest BCUT2D eigenvalue weighted by molar-refractivity contribution is 0.0912. The van der Waals surface area contributed by atoms with Crippen LogP contribution >= 0.6 is 0 Å². The first kappa shape index (κ1) is 12.7. The maximum Gasteiger partial charge on any atom is 0.255 e. The normalized spacial score (nSPS) is 23.6. The van der Waals surface area contributed by atoms with Crippen molar-refractivity contribution in [2.24, 2.45) is 5.92 Å². The van der Waals surface area contributed by atoms with E-state index < -0.39 is 0 Å². The van der Waals surface area contributed by atoms with Gasteiger partial charge in [0.1, 0.15) is 11.5 Å². The van der Waals surface area contributed by atoms with Crippen molar-refractivity contribution in [3.63, 3.8) is 0 Å². The lowest BCUT2D eigenvalue weighted by Gasteiger charge is -2.30. The third kappa shape index (κ3) is 2.73. The lowest BCUT2D eigenvalue weighted by Crippen LogP contribution is -2.50. The molecule has 1 fully saturated rings. The van der Waals surface area contributed by atoms with Crippen LogP contribution in [0.15, 0.2) is 18.2 Å².